The van der Waals surface area contributed by atoms with Crippen molar-refractivity contribution in [3.05, 3.63) is 0 Å². The van der Waals surface area contributed by atoms with Gasteiger partial charge >= 0.3 is 0 Å². The van der Waals surface area contributed by atoms with Crippen LogP contribution in [-0.4, -0.2) is 53.8 Å². The van der Waals surface area contributed by atoms with Gasteiger partial charge in [0, 0.05) is 38.4 Å². The summed E-state index contributed by atoms with van der Waals surface area (Å²) in [6.07, 6.45) is 3.66. The maximum atomic E-state index is 11.3. The molecule has 0 N–H and O–H groups in total. The summed E-state index contributed by atoms with van der Waals surface area (Å²) in [5.74, 6) is 0.973. The van der Waals surface area contributed by atoms with Crippen molar-refractivity contribution in [1.29, 1.82) is 0 Å². The number of nitrogens with zero attached hydrogens (tertiary/aromatic N) is 2. The molecule has 0 aromatic heterocycles. The van der Waals surface area contributed by atoms with Gasteiger partial charge in [-0.15, -0.1) is 0 Å². The first kappa shape index (κ1) is 15.0. The molecule has 3 nitrogen and oxygen atoms in total. The molecule has 1 saturated heterocycles. The summed E-state index contributed by atoms with van der Waals surface area (Å²) >= 11 is 3.61. The number of carbonyl (C=O) groups is 1. The molecule has 1 fully saturated rings. The van der Waals surface area contributed by atoms with E-state index in [1.165, 1.54) is 19.4 Å². The summed E-state index contributed by atoms with van der Waals surface area (Å²) in [6, 6.07) is 0. The monoisotopic (exact) mass is 304 g/mol. The summed E-state index contributed by atoms with van der Waals surface area (Å²) < 4.78 is 0. The molecule has 1 aliphatic heterocycles. The third-order valence-electron chi connectivity index (χ3n) is 3.47. The van der Waals surface area contributed by atoms with Crippen molar-refractivity contribution in [3.63, 3.8) is 0 Å². The minimum Gasteiger partial charge on any atom is -0.342 e. The zero-order valence-electron chi connectivity index (χ0n) is 11.1. The standard InChI is InChI=1S/C13H25BrN2O/c1-3-5-13(10-14)11-15-6-4-7-16(9-8-15)12(2)17/h13H,3-11H2,1-2H3. The van der Waals surface area contributed by atoms with Gasteiger partial charge in [-0.2, -0.15) is 0 Å². The lowest BCUT2D eigenvalue weighted by molar-refractivity contribution is -0.128. The third-order valence-corrected chi connectivity index (χ3v) is 4.38. The Bertz CT molecular complexity index is 235. The van der Waals surface area contributed by atoms with Crippen LogP contribution in [0, 0.1) is 5.92 Å². The zero-order valence-corrected chi connectivity index (χ0v) is 12.7. The number of halogens is 1. The molecule has 0 bridgehead atoms. The van der Waals surface area contributed by atoms with Gasteiger partial charge < -0.3 is 9.80 Å². The topological polar surface area (TPSA) is 23.6 Å². The molecule has 0 aromatic carbocycles. The fourth-order valence-corrected chi connectivity index (χ4v) is 2.99. The van der Waals surface area contributed by atoms with Crippen LogP contribution in [0.25, 0.3) is 0 Å². The predicted octanol–water partition coefficient (Wildman–Crippen LogP) is 2.35. The molecule has 0 aromatic rings. The highest BCUT2D eigenvalue weighted by atomic mass is 79.9. The maximum Gasteiger partial charge on any atom is 0.219 e. The van der Waals surface area contributed by atoms with Gasteiger partial charge in [0.15, 0.2) is 0 Å². The number of rotatable bonds is 5. The average Bonchev–Trinajstić information content (AvgIpc) is 2.54. The minimum absolute atomic E-state index is 0.220. The van der Waals surface area contributed by atoms with E-state index < -0.39 is 0 Å². The van der Waals surface area contributed by atoms with E-state index in [9.17, 15) is 4.79 Å². The third kappa shape index (κ3) is 5.38. The van der Waals surface area contributed by atoms with Gasteiger partial charge in [0.1, 0.15) is 0 Å². The van der Waals surface area contributed by atoms with E-state index in [1.807, 2.05) is 4.90 Å². The van der Waals surface area contributed by atoms with Crippen molar-refractivity contribution < 1.29 is 4.79 Å². The normalized spacial score (nSPS) is 20.1. The largest absolute Gasteiger partial charge is 0.342 e. The molecule has 0 radical (unpaired) electrons. The Kier molecular flexibility index (Phi) is 7.12. The van der Waals surface area contributed by atoms with Gasteiger partial charge in [0.25, 0.3) is 0 Å². The molecule has 1 amide bonds. The molecule has 1 atom stereocenters. The van der Waals surface area contributed by atoms with Crippen LogP contribution in [0.15, 0.2) is 0 Å². The van der Waals surface area contributed by atoms with Crippen LogP contribution in [0.5, 0.6) is 0 Å². The zero-order chi connectivity index (χ0) is 12.7. The highest BCUT2D eigenvalue weighted by Gasteiger charge is 2.18. The summed E-state index contributed by atoms with van der Waals surface area (Å²) in [7, 11) is 0. The van der Waals surface area contributed by atoms with Gasteiger partial charge in [-0.3, -0.25) is 4.79 Å². The molecule has 0 saturated carbocycles. The molecule has 1 heterocycles. The number of carbonyl (C=O) groups excluding carboxylic acids is 1. The first-order valence-electron chi connectivity index (χ1n) is 6.71. The molecule has 4 heteroatoms. The highest BCUT2D eigenvalue weighted by Crippen LogP contribution is 2.13. The minimum atomic E-state index is 0.220. The summed E-state index contributed by atoms with van der Waals surface area (Å²) in [5, 5.41) is 1.09. The van der Waals surface area contributed by atoms with Crippen molar-refractivity contribution in [2.45, 2.75) is 33.1 Å². The number of amides is 1. The number of hydrogen-bond donors (Lipinski definition) is 0. The molecule has 1 rings (SSSR count). The van der Waals surface area contributed by atoms with Crippen molar-refractivity contribution in [1.82, 2.24) is 9.80 Å². The number of hydrogen-bond acceptors (Lipinski definition) is 2. The molecular weight excluding hydrogens is 280 g/mol. The second kappa shape index (κ2) is 8.09. The summed E-state index contributed by atoms with van der Waals surface area (Å²) in [4.78, 5) is 15.8. The smallest absolute Gasteiger partial charge is 0.219 e. The van der Waals surface area contributed by atoms with E-state index in [4.69, 9.17) is 0 Å². The first-order valence-corrected chi connectivity index (χ1v) is 7.83. The SMILES string of the molecule is CCCC(CBr)CN1CCCN(C(C)=O)CC1. The van der Waals surface area contributed by atoms with E-state index in [-0.39, 0.29) is 5.91 Å². The summed E-state index contributed by atoms with van der Waals surface area (Å²) in [5.41, 5.74) is 0. The van der Waals surface area contributed by atoms with Gasteiger partial charge in [0.2, 0.25) is 5.91 Å². The Morgan fingerprint density at radius 2 is 2.06 bits per heavy atom. The molecule has 1 aliphatic rings. The quantitative estimate of drug-likeness (QED) is 0.728. The van der Waals surface area contributed by atoms with E-state index in [0.29, 0.717) is 0 Å². The molecule has 0 spiro atoms. The van der Waals surface area contributed by atoms with Crippen molar-refractivity contribution >= 4 is 21.8 Å². The van der Waals surface area contributed by atoms with E-state index >= 15 is 0 Å². The van der Waals surface area contributed by atoms with Crippen LogP contribution in [-0.2, 0) is 4.79 Å². The maximum absolute atomic E-state index is 11.3. The Morgan fingerprint density at radius 3 is 2.65 bits per heavy atom. The van der Waals surface area contributed by atoms with Crippen LogP contribution in [0.3, 0.4) is 0 Å². The van der Waals surface area contributed by atoms with Crippen LogP contribution in [0.1, 0.15) is 33.1 Å². The van der Waals surface area contributed by atoms with Crippen molar-refractivity contribution in [2.24, 2.45) is 5.92 Å². The average molecular weight is 305 g/mol. The lowest BCUT2D eigenvalue weighted by Crippen LogP contribution is -2.35. The number of alkyl halides is 1. The van der Waals surface area contributed by atoms with Crippen LogP contribution in [0.4, 0.5) is 0 Å². The Balaban J connectivity index is 2.37. The Labute approximate surface area is 114 Å². The van der Waals surface area contributed by atoms with Gasteiger partial charge in [0.05, 0.1) is 0 Å². The van der Waals surface area contributed by atoms with Crippen LogP contribution >= 0.6 is 15.9 Å². The highest BCUT2D eigenvalue weighted by molar-refractivity contribution is 9.09. The molecule has 0 aliphatic carbocycles. The molecule has 100 valence electrons. The Morgan fingerprint density at radius 1 is 1.29 bits per heavy atom. The summed E-state index contributed by atoms with van der Waals surface area (Å²) in [6.45, 7) is 9.09. The fourth-order valence-electron chi connectivity index (χ4n) is 2.46. The van der Waals surface area contributed by atoms with Crippen LogP contribution < -0.4 is 0 Å². The van der Waals surface area contributed by atoms with Gasteiger partial charge in [-0.25, -0.2) is 0 Å². The molecule has 1 unspecified atom stereocenters. The molecule has 17 heavy (non-hydrogen) atoms. The fraction of sp³-hybridized carbons (Fsp3) is 0.923. The van der Waals surface area contributed by atoms with E-state index in [2.05, 4.69) is 27.8 Å². The predicted molar refractivity (Wildman–Crippen MR) is 75.5 cm³/mol. The van der Waals surface area contributed by atoms with E-state index in [0.717, 1.165) is 43.8 Å². The second-order valence-corrected chi connectivity index (χ2v) is 5.62. The van der Waals surface area contributed by atoms with Gasteiger partial charge in [-0.1, -0.05) is 29.3 Å². The van der Waals surface area contributed by atoms with Gasteiger partial charge in [-0.05, 0) is 25.3 Å². The van der Waals surface area contributed by atoms with Crippen molar-refractivity contribution in [3.8, 4) is 0 Å². The lowest BCUT2D eigenvalue weighted by Gasteiger charge is -2.25. The Hall–Kier alpha value is -0.0900. The second-order valence-electron chi connectivity index (χ2n) is 4.97. The van der Waals surface area contributed by atoms with Crippen LogP contribution in [0.2, 0.25) is 0 Å². The molecular formula is C13H25BrN2O. The lowest BCUT2D eigenvalue weighted by atomic mass is 10.1. The first-order chi connectivity index (χ1) is 8.17. The van der Waals surface area contributed by atoms with Crippen molar-refractivity contribution in [2.75, 3.05) is 38.1 Å². The van der Waals surface area contributed by atoms with E-state index in [1.54, 1.807) is 6.92 Å².